The Kier molecular flexibility index (Phi) is 8.72. The van der Waals surface area contributed by atoms with Gasteiger partial charge in [0.1, 0.15) is 5.75 Å². The number of ether oxygens (including phenoxy) is 1. The standard InChI is InChI=1S/C24H22Br3N3O3S/c1-24(2,3)17-8-4-14(11-18(17)26)22(32)28-23(34)30-29-20(31)12-33-19-9-5-13-10-15(25)6-7-16(13)21(19)27/h4-11H,12H2,1-3H3,(H,29,31)(H2,28,30,32,34). The van der Waals surface area contributed by atoms with Gasteiger partial charge >= 0.3 is 0 Å². The van der Waals surface area contributed by atoms with Gasteiger partial charge in [-0.05, 0) is 80.2 Å². The second kappa shape index (κ2) is 11.2. The first-order valence-electron chi connectivity index (χ1n) is 10.2. The van der Waals surface area contributed by atoms with Crippen molar-refractivity contribution in [2.24, 2.45) is 0 Å². The molecule has 2 amide bonds. The number of hydrazine groups is 1. The van der Waals surface area contributed by atoms with Crippen LogP contribution in [-0.2, 0) is 10.2 Å². The summed E-state index contributed by atoms with van der Waals surface area (Å²) in [6, 6.07) is 14.9. The number of fused-ring (bicyclic) bond motifs is 1. The predicted molar refractivity (Wildman–Crippen MR) is 149 cm³/mol. The first-order valence-corrected chi connectivity index (χ1v) is 12.9. The molecular weight excluding hydrogens is 650 g/mol. The lowest BCUT2D eigenvalue weighted by atomic mass is 9.86. The van der Waals surface area contributed by atoms with Gasteiger partial charge in [-0.15, -0.1) is 0 Å². The van der Waals surface area contributed by atoms with Crippen LogP contribution >= 0.6 is 60.0 Å². The molecule has 3 N–H and O–H groups in total. The minimum atomic E-state index is -0.461. The molecule has 178 valence electrons. The fourth-order valence-corrected chi connectivity index (χ4v) is 5.23. The van der Waals surface area contributed by atoms with Crippen molar-refractivity contribution >= 4 is 87.7 Å². The average molecular weight is 672 g/mol. The Labute approximate surface area is 228 Å². The molecule has 0 unspecified atom stereocenters. The van der Waals surface area contributed by atoms with Crippen molar-refractivity contribution in [2.75, 3.05) is 6.61 Å². The number of nitrogens with one attached hydrogen (secondary N) is 3. The van der Waals surface area contributed by atoms with Crippen molar-refractivity contribution in [2.45, 2.75) is 26.2 Å². The molecule has 6 nitrogen and oxygen atoms in total. The van der Waals surface area contributed by atoms with Crippen LogP contribution in [0.5, 0.6) is 5.75 Å². The number of benzene rings is 3. The third-order valence-electron chi connectivity index (χ3n) is 4.82. The Hall–Kier alpha value is -2.01. The van der Waals surface area contributed by atoms with Crippen LogP contribution in [0.25, 0.3) is 10.8 Å². The lowest BCUT2D eigenvalue weighted by Crippen LogP contribution is -2.49. The molecule has 0 fully saturated rings. The Morgan fingerprint density at radius 3 is 2.38 bits per heavy atom. The summed E-state index contributed by atoms with van der Waals surface area (Å²) in [5.74, 6) is -0.322. The molecule has 34 heavy (non-hydrogen) atoms. The van der Waals surface area contributed by atoms with E-state index < -0.39 is 11.8 Å². The molecule has 0 aliphatic heterocycles. The van der Waals surface area contributed by atoms with Gasteiger partial charge in [-0.25, -0.2) is 0 Å². The van der Waals surface area contributed by atoms with Crippen LogP contribution < -0.4 is 20.9 Å². The smallest absolute Gasteiger partial charge is 0.276 e. The maximum atomic E-state index is 12.5. The van der Waals surface area contributed by atoms with Gasteiger partial charge in [-0.3, -0.25) is 25.8 Å². The molecule has 0 aliphatic rings. The van der Waals surface area contributed by atoms with Gasteiger partial charge in [-0.2, -0.15) is 0 Å². The van der Waals surface area contributed by atoms with Gasteiger partial charge in [-0.1, -0.05) is 70.8 Å². The largest absolute Gasteiger partial charge is 0.483 e. The SMILES string of the molecule is CC(C)(C)c1ccc(C(=O)NC(=S)NNC(=O)COc2ccc3cc(Br)ccc3c2Br)cc1Br. The predicted octanol–water partition coefficient (Wildman–Crippen LogP) is 6.14. The number of rotatable bonds is 4. The summed E-state index contributed by atoms with van der Waals surface area (Å²) in [6.07, 6.45) is 0. The zero-order valence-corrected chi connectivity index (χ0v) is 24.2. The Bertz CT molecular complexity index is 1280. The van der Waals surface area contributed by atoms with E-state index in [1.165, 1.54) is 0 Å². The number of hydrogen-bond donors (Lipinski definition) is 3. The van der Waals surface area contributed by atoms with Crippen LogP contribution in [0, 0.1) is 0 Å². The van der Waals surface area contributed by atoms with E-state index in [-0.39, 0.29) is 17.1 Å². The number of carbonyl (C=O) groups excluding carboxylic acids is 2. The zero-order chi connectivity index (χ0) is 25.0. The second-order valence-corrected chi connectivity index (χ2v) is 11.4. The number of thiocarbonyl (C=S) groups is 1. The van der Waals surface area contributed by atoms with Crippen LogP contribution in [0.15, 0.2) is 61.9 Å². The summed E-state index contributed by atoms with van der Waals surface area (Å²) in [5.41, 5.74) is 6.39. The molecular formula is C24H22Br3N3O3S. The van der Waals surface area contributed by atoms with Crippen molar-refractivity contribution in [3.8, 4) is 5.75 Å². The first-order chi connectivity index (χ1) is 16.0. The molecule has 3 rings (SSSR count). The molecule has 0 atom stereocenters. The van der Waals surface area contributed by atoms with Gasteiger partial charge in [0.15, 0.2) is 11.7 Å². The molecule has 3 aromatic carbocycles. The highest BCUT2D eigenvalue weighted by molar-refractivity contribution is 9.11. The van der Waals surface area contributed by atoms with Gasteiger partial charge < -0.3 is 4.74 Å². The van der Waals surface area contributed by atoms with Crippen LogP contribution in [0.1, 0.15) is 36.7 Å². The number of carbonyl (C=O) groups is 2. The lowest BCUT2D eigenvalue weighted by Gasteiger charge is -2.21. The molecule has 0 heterocycles. The van der Waals surface area contributed by atoms with Gasteiger partial charge in [0.2, 0.25) is 0 Å². The third-order valence-corrected chi connectivity index (χ3v) is 6.99. The second-order valence-electron chi connectivity index (χ2n) is 8.43. The molecule has 0 spiro atoms. The summed E-state index contributed by atoms with van der Waals surface area (Å²) >= 11 is 15.6. The van der Waals surface area contributed by atoms with Crippen molar-refractivity contribution < 1.29 is 14.3 Å². The molecule has 0 saturated carbocycles. The fourth-order valence-electron chi connectivity index (χ4n) is 3.13. The van der Waals surface area contributed by atoms with Crippen LogP contribution in [0.4, 0.5) is 0 Å². The highest BCUT2D eigenvalue weighted by Crippen LogP contribution is 2.34. The van der Waals surface area contributed by atoms with E-state index in [1.54, 1.807) is 18.2 Å². The molecule has 0 radical (unpaired) electrons. The third kappa shape index (κ3) is 6.78. The highest BCUT2D eigenvalue weighted by atomic mass is 79.9. The first kappa shape index (κ1) is 26.6. The van der Waals surface area contributed by atoms with Crippen molar-refractivity contribution in [3.05, 3.63) is 73.1 Å². The normalized spacial score (nSPS) is 11.1. The van der Waals surface area contributed by atoms with Crippen molar-refractivity contribution in [3.63, 3.8) is 0 Å². The summed E-state index contributed by atoms with van der Waals surface area (Å²) in [7, 11) is 0. The summed E-state index contributed by atoms with van der Waals surface area (Å²) < 4.78 is 8.19. The maximum absolute atomic E-state index is 12.5. The number of halogens is 3. The average Bonchev–Trinajstić information content (AvgIpc) is 2.76. The van der Waals surface area contributed by atoms with Crippen LogP contribution in [-0.4, -0.2) is 23.5 Å². The molecule has 0 saturated heterocycles. The summed E-state index contributed by atoms with van der Waals surface area (Å²) in [6.45, 7) is 6.04. The summed E-state index contributed by atoms with van der Waals surface area (Å²) in [5, 5.41) is 4.49. The van der Waals surface area contributed by atoms with Crippen LogP contribution in [0.2, 0.25) is 0 Å². The lowest BCUT2D eigenvalue weighted by molar-refractivity contribution is -0.123. The van der Waals surface area contributed by atoms with Gasteiger partial charge in [0, 0.05) is 14.5 Å². The van der Waals surface area contributed by atoms with E-state index in [2.05, 4.69) is 84.7 Å². The van der Waals surface area contributed by atoms with E-state index in [0.29, 0.717) is 11.3 Å². The Balaban J connectivity index is 1.50. The zero-order valence-electron chi connectivity index (χ0n) is 18.6. The van der Waals surface area contributed by atoms with E-state index in [4.69, 9.17) is 17.0 Å². The molecule has 0 bridgehead atoms. The highest BCUT2D eigenvalue weighted by Gasteiger charge is 2.19. The molecule has 3 aromatic rings. The topological polar surface area (TPSA) is 79.5 Å². The van der Waals surface area contributed by atoms with Crippen LogP contribution in [0.3, 0.4) is 0 Å². The maximum Gasteiger partial charge on any atom is 0.276 e. The van der Waals surface area contributed by atoms with Gasteiger partial charge in [0.25, 0.3) is 11.8 Å². The number of hydrogen-bond acceptors (Lipinski definition) is 4. The van der Waals surface area contributed by atoms with E-state index >= 15 is 0 Å². The minimum Gasteiger partial charge on any atom is -0.483 e. The summed E-state index contributed by atoms with van der Waals surface area (Å²) in [4.78, 5) is 24.7. The van der Waals surface area contributed by atoms with E-state index in [1.807, 2.05) is 30.3 Å². The van der Waals surface area contributed by atoms with E-state index in [0.717, 1.165) is 29.8 Å². The minimum absolute atomic E-state index is 0.0353. The van der Waals surface area contributed by atoms with Crippen molar-refractivity contribution in [1.82, 2.24) is 16.2 Å². The fraction of sp³-hybridized carbons (Fsp3) is 0.208. The Morgan fingerprint density at radius 2 is 1.71 bits per heavy atom. The Morgan fingerprint density at radius 1 is 0.971 bits per heavy atom. The van der Waals surface area contributed by atoms with Gasteiger partial charge in [0.05, 0.1) is 4.47 Å². The molecule has 0 aliphatic carbocycles. The number of amides is 2. The monoisotopic (exact) mass is 669 g/mol. The quantitative estimate of drug-likeness (QED) is 0.230. The van der Waals surface area contributed by atoms with Crippen molar-refractivity contribution in [1.29, 1.82) is 0 Å². The van der Waals surface area contributed by atoms with E-state index in [9.17, 15) is 9.59 Å². The molecule has 10 heteroatoms. The molecule has 0 aromatic heterocycles.